The molecule has 0 radical (unpaired) electrons. The van der Waals surface area contributed by atoms with Crippen molar-refractivity contribution in [2.75, 3.05) is 0 Å². The molecule has 1 rings (SSSR count). The van der Waals surface area contributed by atoms with Gasteiger partial charge in [-0.05, 0) is 30.7 Å². The molecule has 0 saturated carbocycles. The Bertz CT molecular complexity index is 271. The lowest BCUT2D eigenvalue weighted by molar-refractivity contribution is 0.194. The van der Waals surface area contributed by atoms with E-state index in [2.05, 4.69) is 15.9 Å². The van der Waals surface area contributed by atoms with Gasteiger partial charge in [-0.25, -0.2) is 0 Å². The zero-order chi connectivity index (χ0) is 9.14. The summed E-state index contributed by atoms with van der Waals surface area (Å²) in [7, 11) is 0. The molecule has 1 atom stereocenters. The highest BCUT2D eigenvalue weighted by Crippen LogP contribution is 2.22. The molecule has 0 saturated heterocycles. The number of phenols is 1. The molecule has 0 fully saturated rings. The van der Waals surface area contributed by atoms with Gasteiger partial charge in [-0.15, -0.1) is 0 Å². The maximum Gasteiger partial charge on any atom is 0.118 e. The third-order valence-corrected chi connectivity index (χ3v) is 2.05. The van der Waals surface area contributed by atoms with Crippen molar-refractivity contribution in [1.82, 2.24) is 0 Å². The lowest BCUT2D eigenvalue weighted by atomic mass is 10.1. The molecule has 0 heterocycles. The first-order chi connectivity index (χ1) is 5.59. The van der Waals surface area contributed by atoms with E-state index < -0.39 is 6.10 Å². The van der Waals surface area contributed by atoms with E-state index in [4.69, 9.17) is 5.11 Å². The van der Waals surface area contributed by atoms with Crippen molar-refractivity contribution in [3.8, 4) is 5.75 Å². The number of hydrogen-bond donors (Lipinski definition) is 2. The van der Waals surface area contributed by atoms with Gasteiger partial charge in [0.1, 0.15) is 5.75 Å². The molecule has 66 valence electrons. The Labute approximate surface area is 80.0 Å². The van der Waals surface area contributed by atoms with Crippen LogP contribution in [0, 0.1) is 0 Å². The first-order valence-corrected chi connectivity index (χ1v) is 4.54. The Balaban J connectivity index is 2.90. The third kappa shape index (κ3) is 2.50. The standard InChI is InChI=1S/C9H11BrO2/c1-6(11)4-7-5-8(10)2-3-9(7)12/h2-3,5-6,11-12H,4H2,1H3/t6-/m1/s1. The maximum atomic E-state index is 9.35. The van der Waals surface area contributed by atoms with E-state index in [1.54, 1.807) is 19.1 Å². The molecule has 0 amide bonds. The second-order valence-electron chi connectivity index (χ2n) is 2.83. The molecule has 0 unspecified atom stereocenters. The summed E-state index contributed by atoms with van der Waals surface area (Å²) in [4.78, 5) is 0. The molecule has 1 aromatic rings. The van der Waals surface area contributed by atoms with E-state index in [-0.39, 0.29) is 5.75 Å². The molecule has 0 bridgehead atoms. The number of benzene rings is 1. The van der Waals surface area contributed by atoms with Crippen LogP contribution in [0.15, 0.2) is 22.7 Å². The van der Waals surface area contributed by atoms with E-state index in [1.165, 1.54) is 0 Å². The Kier molecular flexibility index (Phi) is 3.12. The second kappa shape index (κ2) is 3.92. The molecule has 3 heteroatoms. The summed E-state index contributed by atoms with van der Waals surface area (Å²) in [6.45, 7) is 1.69. The first kappa shape index (κ1) is 9.55. The molecule has 2 N–H and O–H groups in total. The van der Waals surface area contributed by atoms with Crippen LogP contribution >= 0.6 is 15.9 Å². The summed E-state index contributed by atoms with van der Waals surface area (Å²) < 4.78 is 0.913. The number of halogens is 1. The van der Waals surface area contributed by atoms with Gasteiger partial charge >= 0.3 is 0 Å². The average molecular weight is 231 g/mol. The average Bonchev–Trinajstić information content (AvgIpc) is 1.96. The molecule has 0 aliphatic heterocycles. The summed E-state index contributed by atoms with van der Waals surface area (Å²) in [5, 5.41) is 18.4. The molecule has 0 aliphatic carbocycles. The minimum absolute atomic E-state index is 0.235. The van der Waals surface area contributed by atoms with Crippen LogP contribution in [-0.4, -0.2) is 16.3 Å². The van der Waals surface area contributed by atoms with Gasteiger partial charge in [0.05, 0.1) is 6.10 Å². The Morgan fingerprint density at radius 2 is 2.17 bits per heavy atom. The normalized spacial score (nSPS) is 12.9. The number of rotatable bonds is 2. The van der Waals surface area contributed by atoms with Crippen LogP contribution in [0.25, 0.3) is 0 Å². The molecule has 0 aromatic heterocycles. The molecule has 2 nitrogen and oxygen atoms in total. The summed E-state index contributed by atoms with van der Waals surface area (Å²) in [6, 6.07) is 5.19. The van der Waals surface area contributed by atoms with Crippen LogP contribution in [0.3, 0.4) is 0 Å². The van der Waals surface area contributed by atoms with Gasteiger partial charge in [-0.1, -0.05) is 15.9 Å². The Hall–Kier alpha value is -0.540. The van der Waals surface area contributed by atoms with Gasteiger partial charge in [0.25, 0.3) is 0 Å². The van der Waals surface area contributed by atoms with Crippen molar-refractivity contribution >= 4 is 15.9 Å². The molecule has 0 spiro atoms. The first-order valence-electron chi connectivity index (χ1n) is 3.75. The van der Waals surface area contributed by atoms with Gasteiger partial charge < -0.3 is 10.2 Å². The van der Waals surface area contributed by atoms with Crippen LogP contribution in [0.2, 0.25) is 0 Å². The summed E-state index contributed by atoms with van der Waals surface area (Å²) in [6.07, 6.45) is 0.0517. The fraction of sp³-hybridized carbons (Fsp3) is 0.333. The summed E-state index contributed by atoms with van der Waals surface area (Å²) in [5.74, 6) is 0.235. The summed E-state index contributed by atoms with van der Waals surface area (Å²) >= 11 is 3.29. The second-order valence-corrected chi connectivity index (χ2v) is 3.74. The highest BCUT2D eigenvalue weighted by molar-refractivity contribution is 9.10. The number of aliphatic hydroxyl groups excluding tert-OH is 1. The van der Waals surface area contributed by atoms with Crippen molar-refractivity contribution in [2.45, 2.75) is 19.4 Å². The molecule has 1 aromatic carbocycles. The van der Waals surface area contributed by atoms with Crippen LogP contribution in [-0.2, 0) is 6.42 Å². The zero-order valence-corrected chi connectivity index (χ0v) is 8.37. The lowest BCUT2D eigenvalue weighted by Crippen LogP contribution is -2.04. The third-order valence-electron chi connectivity index (χ3n) is 1.56. The fourth-order valence-electron chi connectivity index (χ4n) is 1.04. The predicted octanol–water partition coefficient (Wildman–Crippen LogP) is 2.08. The number of aliphatic hydroxyl groups is 1. The van der Waals surface area contributed by atoms with E-state index in [0.717, 1.165) is 10.0 Å². The number of hydrogen-bond acceptors (Lipinski definition) is 2. The van der Waals surface area contributed by atoms with E-state index in [1.807, 2.05) is 6.07 Å². The smallest absolute Gasteiger partial charge is 0.118 e. The zero-order valence-electron chi connectivity index (χ0n) is 6.79. The van der Waals surface area contributed by atoms with Gasteiger partial charge in [-0.2, -0.15) is 0 Å². The Morgan fingerprint density at radius 1 is 1.50 bits per heavy atom. The highest BCUT2D eigenvalue weighted by Gasteiger charge is 2.04. The van der Waals surface area contributed by atoms with Crippen LogP contribution in [0.1, 0.15) is 12.5 Å². The van der Waals surface area contributed by atoms with Gasteiger partial charge in [0.2, 0.25) is 0 Å². The minimum Gasteiger partial charge on any atom is -0.508 e. The predicted molar refractivity (Wildman–Crippen MR) is 51.2 cm³/mol. The SMILES string of the molecule is C[C@@H](O)Cc1cc(Br)ccc1O. The van der Waals surface area contributed by atoms with Crippen molar-refractivity contribution in [2.24, 2.45) is 0 Å². The maximum absolute atomic E-state index is 9.35. The van der Waals surface area contributed by atoms with Crippen LogP contribution < -0.4 is 0 Å². The van der Waals surface area contributed by atoms with Gasteiger partial charge in [0.15, 0.2) is 0 Å². The number of aromatic hydroxyl groups is 1. The molecule has 12 heavy (non-hydrogen) atoms. The topological polar surface area (TPSA) is 40.5 Å². The van der Waals surface area contributed by atoms with Crippen molar-refractivity contribution < 1.29 is 10.2 Å². The van der Waals surface area contributed by atoms with Crippen molar-refractivity contribution in [3.05, 3.63) is 28.2 Å². The van der Waals surface area contributed by atoms with Gasteiger partial charge in [-0.3, -0.25) is 0 Å². The quantitative estimate of drug-likeness (QED) is 0.817. The largest absolute Gasteiger partial charge is 0.508 e. The van der Waals surface area contributed by atoms with E-state index >= 15 is 0 Å². The number of phenolic OH excluding ortho intramolecular Hbond substituents is 1. The van der Waals surface area contributed by atoms with E-state index in [0.29, 0.717) is 6.42 Å². The van der Waals surface area contributed by atoms with Crippen molar-refractivity contribution in [1.29, 1.82) is 0 Å². The summed E-state index contributed by atoms with van der Waals surface area (Å²) in [5.41, 5.74) is 0.763. The fourth-order valence-corrected chi connectivity index (χ4v) is 1.44. The highest BCUT2D eigenvalue weighted by atomic mass is 79.9. The van der Waals surface area contributed by atoms with Gasteiger partial charge in [0, 0.05) is 10.9 Å². The lowest BCUT2D eigenvalue weighted by Gasteiger charge is -2.06. The van der Waals surface area contributed by atoms with Crippen LogP contribution in [0.5, 0.6) is 5.75 Å². The molecular weight excluding hydrogens is 220 g/mol. The minimum atomic E-state index is -0.426. The monoisotopic (exact) mass is 230 g/mol. The van der Waals surface area contributed by atoms with E-state index in [9.17, 15) is 5.11 Å². The van der Waals surface area contributed by atoms with Crippen LogP contribution in [0.4, 0.5) is 0 Å². The molecular formula is C9H11BrO2. The molecule has 0 aliphatic rings. The van der Waals surface area contributed by atoms with Crippen molar-refractivity contribution in [3.63, 3.8) is 0 Å². The Morgan fingerprint density at radius 3 is 2.75 bits per heavy atom.